The summed E-state index contributed by atoms with van der Waals surface area (Å²) in [5, 5.41) is 14.4. The van der Waals surface area contributed by atoms with Gasteiger partial charge in [-0.3, -0.25) is 9.48 Å². The Kier molecular flexibility index (Phi) is 4.19. The minimum Gasteiger partial charge on any atom is -0.481 e. The van der Waals surface area contributed by atoms with Crippen LogP contribution >= 0.6 is 0 Å². The molecule has 1 aromatic heterocycles. The van der Waals surface area contributed by atoms with Gasteiger partial charge in [0.05, 0.1) is 18.3 Å². The third-order valence-electron chi connectivity index (χ3n) is 3.79. The van der Waals surface area contributed by atoms with Crippen molar-refractivity contribution in [2.45, 2.75) is 25.8 Å². The molecule has 0 saturated carbocycles. The Morgan fingerprint density at radius 3 is 2.68 bits per heavy atom. The highest BCUT2D eigenvalue weighted by Crippen LogP contribution is 2.21. The second-order valence-electron chi connectivity index (χ2n) is 5.39. The van der Waals surface area contributed by atoms with Gasteiger partial charge in [0.15, 0.2) is 0 Å². The molecule has 1 heterocycles. The summed E-state index contributed by atoms with van der Waals surface area (Å²) in [6.45, 7) is 0.739. The molecular formula is C18H18N2O2. The van der Waals surface area contributed by atoms with Gasteiger partial charge in [-0.15, -0.1) is 0 Å². The van der Waals surface area contributed by atoms with E-state index in [1.165, 1.54) is 5.56 Å². The number of carboxylic acids is 1. The van der Waals surface area contributed by atoms with Crippen molar-refractivity contribution in [1.29, 1.82) is 0 Å². The molecule has 4 nitrogen and oxygen atoms in total. The molecule has 0 amide bonds. The molecule has 1 N–H and O–H groups in total. The van der Waals surface area contributed by atoms with E-state index in [4.69, 9.17) is 5.11 Å². The van der Waals surface area contributed by atoms with E-state index < -0.39 is 5.97 Å². The average molecular weight is 294 g/mol. The van der Waals surface area contributed by atoms with E-state index in [9.17, 15) is 4.79 Å². The maximum absolute atomic E-state index is 10.6. The normalized spacial score (nSPS) is 10.9. The van der Waals surface area contributed by atoms with Crippen LogP contribution in [0.4, 0.5) is 0 Å². The number of benzene rings is 2. The summed E-state index contributed by atoms with van der Waals surface area (Å²) in [7, 11) is 0. The summed E-state index contributed by atoms with van der Waals surface area (Å²) in [4.78, 5) is 10.6. The van der Waals surface area contributed by atoms with E-state index in [0.29, 0.717) is 6.42 Å². The summed E-state index contributed by atoms with van der Waals surface area (Å²) in [5.41, 5.74) is 3.47. The van der Waals surface area contributed by atoms with Crippen LogP contribution in [0, 0.1) is 0 Å². The SMILES string of the molecule is O=C(O)CCCc1cccc2c1cnn2Cc1ccccc1. The lowest BCUT2D eigenvalue weighted by Crippen LogP contribution is -2.01. The van der Waals surface area contributed by atoms with E-state index >= 15 is 0 Å². The number of hydrogen-bond donors (Lipinski definition) is 1. The molecule has 0 bridgehead atoms. The lowest BCUT2D eigenvalue weighted by Gasteiger charge is -2.06. The largest absolute Gasteiger partial charge is 0.481 e. The fourth-order valence-corrected chi connectivity index (χ4v) is 2.69. The molecule has 0 saturated heterocycles. The van der Waals surface area contributed by atoms with Crippen LogP contribution in [0.1, 0.15) is 24.0 Å². The maximum Gasteiger partial charge on any atom is 0.303 e. The predicted octanol–water partition coefficient (Wildman–Crippen LogP) is 3.49. The zero-order chi connectivity index (χ0) is 15.4. The molecule has 0 aliphatic heterocycles. The van der Waals surface area contributed by atoms with Crippen molar-refractivity contribution in [3.63, 3.8) is 0 Å². The van der Waals surface area contributed by atoms with Crippen molar-refractivity contribution >= 4 is 16.9 Å². The summed E-state index contributed by atoms with van der Waals surface area (Å²) < 4.78 is 1.99. The Morgan fingerprint density at radius 1 is 1.09 bits per heavy atom. The van der Waals surface area contributed by atoms with Crippen LogP contribution in [0.3, 0.4) is 0 Å². The van der Waals surface area contributed by atoms with E-state index in [0.717, 1.165) is 29.4 Å². The smallest absolute Gasteiger partial charge is 0.303 e. The van der Waals surface area contributed by atoms with Gasteiger partial charge in [-0.2, -0.15) is 5.10 Å². The predicted molar refractivity (Wildman–Crippen MR) is 85.9 cm³/mol. The number of fused-ring (bicyclic) bond motifs is 1. The zero-order valence-corrected chi connectivity index (χ0v) is 12.3. The topological polar surface area (TPSA) is 55.1 Å². The highest BCUT2D eigenvalue weighted by Gasteiger charge is 2.08. The first kappa shape index (κ1) is 14.3. The maximum atomic E-state index is 10.6. The molecule has 0 spiro atoms. The van der Waals surface area contributed by atoms with E-state index in [1.54, 1.807) is 0 Å². The lowest BCUT2D eigenvalue weighted by atomic mass is 10.0. The fraction of sp³-hybridized carbons (Fsp3) is 0.222. The quantitative estimate of drug-likeness (QED) is 0.757. The molecule has 22 heavy (non-hydrogen) atoms. The number of hydrogen-bond acceptors (Lipinski definition) is 2. The first-order valence-electron chi connectivity index (χ1n) is 7.43. The molecule has 2 aromatic carbocycles. The van der Waals surface area contributed by atoms with Gasteiger partial charge in [0.1, 0.15) is 0 Å². The highest BCUT2D eigenvalue weighted by atomic mass is 16.4. The molecule has 3 aromatic rings. The van der Waals surface area contributed by atoms with Crippen molar-refractivity contribution in [2.24, 2.45) is 0 Å². The second-order valence-corrected chi connectivity index (χ2v) is 5.39. The van der Waals surface area contributed by atoms with Crippen molar-refractivity contribution in [3.05, 3.63) is 65.9 Å². The van der Waals surface area contributed by atoms with Crippen molar-refractivity contribution < 1.29 is 9.90 Å². The second kappa shape index (κ2) is 6.43. The van der Waals surface area contributed by atoms with Gasteiger partial charge in [0.2, 0.25) is 0 Å². The number of aromatic nitrogens is 2. The number of carbonyl (C=O) groups is 1. The molecule has 0 aliphatic carbocycles. The van der Waals surface area contributed by atoms with Crippen LogP contribution in [-0.4, -0.2) is 20.9 Å². The number of carboxylic acid groups (broad SMARTS) is 1. The Hall–Kier alpha value is -2.62. The minimum absolute atomic E-state index is 0.203. The molecular weight excluding hydrogens is 276 g/mol. The zero-order valence-electron chi connectivity index (χ0n) is 12.3. The average Bonchev–Trinajstić information content (AvgIpc) is 2.92. The van der Waals surface area contributed by atoms with Crippen LogP contribution < -0.4 is 0 Å². The van der Waals surface area contributed by atoms with E-state index in [1.807, 2.05) is 35.1 Å². The minimum atomic E-state index is -0.744. The molecule has 0 atom stereocenters. The molecule has 4 heteroatoms. The van der Waals surface area contributed by atoms with Gasteiger partial charge in [0, 0.05) is 11.8 Å². The van der Waals surface area contributed by atoms with Crippen molar-refractivity contribution in [2.75, 3.05) is 0 Å². The Morgan fingerprint density at radius 2 is 1.91 bits per heavy atom. The molecule has 112 valence electrons. The lowest BCUT2D eigenvalue weighted by molar-refractivity contribution is -0.137. The van der Waals surface area contributed by atoms with Crippen LogP contribution in [-0.2, 0) is 17.8 Å². The summed E-state index contributed by atoms with van der Waals surface area (Å²) >= 11 is 0. The summed E-state index contributed by atoms with van der Waals surface area (Å²) in [6, 6.07) is 16.4. The number of nitrogens with zero attached hydrogens (tertiary/aromatic N) is 2. The van der Waals surface area contributed by atoms with Crippen LogP contribution in [0.25, 0.3) is 10.9 Å². The van der Waals surface area contributed by atoms with E-state index in [2.05, 4.69) is 29.4 Å². The summed E-state index contributed by atoms with van der Waals surface area (Å²) in [5.74, 6) is -0.744. The Labute approximate surface area is 129 Å². The van der Waals surface area contributed by atoms with Crippen molar-refractivity contribution in [3.8, 4) is 0 Å². The molecule has 0 aliphatic rings. The van der Waals surface area contributed by atoms with Crippen LogP contribution in [0.15, 0.2) is 54.7 Å². The summed E-state index contributed by atoms with van der Waals surface area (Å²) in [6.07, 6.45) is 3.50. The fourth-order valence-electron chi connectivity index (χ4n) is 2.69. The molecule has 0 unspecified atom stereocenters. The van der Waals surface area contributed by atoms with E-state index in [-0.39, 0.29) is 6.42 Å². The monoisotopic (exact) mass is 294 g/mol. The highest BCUT2D eigenvalue weighted by molar-refractivity contribution is 5.82. The molecule has 3 rings (SSSR count). The Bertz CT molecular complexity index is 778. The van der Waals surface area contributed by atoms with Crippen LogP contribution in [0.5, 0.6) is 0 Å². The Balaban J connectivity index is 1.83. The molecule has 0 radical (unpaired) electrons. The van der Waals surface area contributed by atoms with Crippen molar-refractivity contribution in [1.82, 2.24) is 9.78 Å². The standard InChI is InChI=1S/C18H18N2O2/c21-18(22)11-5-9-15-8-4-10-17-16(15)12-19-20(17)13-14-6-2-1-3-7-14/h1-4,6-8,10,12H,5,9,11,13H2,(H,21,22). The van der Waals surface area contributed by atoms with Gasteiger partial charge < -0.3 is 5.11 Å². The van der Waals surface area contributed by atoms with Gasteiger partial charge in [-0.25, -0.2) is 0 Å². The number of aliphatic carboxylic acids is 1. The number of rotatable bonds is 6. The van der Waals surface area contributed by atoms with Gasteiger partial charge in [-0.1, -0.05) is 42.5 Å². The first-order chi connectivity index (χ1) is 10.7. The molecule has 0 fully saturated rings. The van der Waals surface area contributed by atoms with Gasteiger partial charge in [0.25, 0.3) is 0 Å². The number of aryl methyl sites for hydroxylation is 1. The first-order valence-corrected chi connectivity index (χ1v) is 7.43. The van der Waals surface area contributed by atoms with Gasteiger partial charge >= 0.3 is 5.97 Å². The third kappa shape index (κ3) is 3.17. The third-order valence-corrected chi connectivity index (χ3v) is 3.79. The van der Waals surface area contributed by atoms with Crippen LogP contribution in [0.2, 0.25) is 0 Å². The van der Waals surface area contributed by atoms with Gasteiger partial charge in [-0.05, 0) is 30.0 Å².